The summed E-state index contributed by atoms with van der Waals surface area (Å²) in [6.07, 6.45) is 11.9. The molecule has 3 aromatic heterocycles. The summed E-state index contributed by atoms with van der Waals surface area (Å²) in [6, 6.07) is 7.72. The molecule has 7 rings (SSSR count). The lowest BCUT2D eigenvalue weighted by atomic mass is 9.70. The van der Waals surface area contributed by atoms with E-state index in [2.05, 4.69) is 20.1 Å². The molecule has 2 atom stereocenters. The first kappa shape index (κ1) is 18.9. The lowest BCUT2D eigenvalue weighted by molar-refractivity contribution is -0.138. The van der Waals surface area contributed by atoms with Crippen LogP contribution in [0.1, 0.15) is 43.2 Å². The van der Waals surface area contributed by atoms with Crippen molar-refractivity contribution in [1.29, 1.82) is 5.26 Å². The van der Waals surface area contributed by atoms with Gasteiger partial charge in [-0.3, -0.25) is 4.79 Å². The second-order valence-electron chi connectivity index (χ2n) is 8.96. The molecule has 4 heterocycles. The SMILES string of the molecule is N#Cc1cnc(OCC23CC(C2)[C@@H](C(=O)N2N=CCC2c2ncc4ccccn24)C3)cn1. The molecule has 0 radical (unpaired) electrons. The first-order valence-electron chi connectivity index (χ1n) is 10.8. The van der Waals surface area contributed by atoms with Crippen LogP contribution in [-0.2, 0) is 4.79 Å². The third-order valence-electron chi connectivity index (χ3n) is 7.02. The third kappa shape index (κ3) is 2.94. The van der Waals surface area contributed by atoms with Crippen LogP contribution >= 0.6 is 0 Å². The highest BCUT2D eigenvalue weighted by atomic mass is 16.5. The van der Waals surface area contributed by atoms with Gasteiger partial charge in [0.2, 0.25) is 11.8 Å². The van der Waals surface area contributed by atoms with Crippen molar-refractivity contribution in [2.75, 3.05) is 6.61 Å². The van der Waals surface area contributed by atoms with Crippen molar-refractivity contribution in [3.8, 4) is 11.9 Å². The number of nitriles is 1. The smallest absolute Gasteiger partial charge is 0.246 e. The molecule has 1 unspecified atom stereocenters. The molecule has 3 saturated carbocycles. The van der Waals surface area contributed by atoms with E-state index in [9.17, 15) is 4.79 Å². The molecule has 1 aliphatic heterocycles. The summed E-state index contributed by atoms with van der Waals surface area (Å²) in [4.78, 5) is 26.2. The van der Waals surface area contributed by atoms with Crippen molar-refractivity contribution in [3.05, 3.63) is 54.5 Å². The average molecular weight is 427 g/mol. The molecule has 9 nitrogen and oxygen atoms in total. The normalized spacial score (nSPS) is 28.0. The quantitative estimate of drug-likeness (QED) is 0.619. The van der Waals surface area contributed by atoms with Crippen LogP contribution in [0.3, 0.4) is 0 Å². The van der Waals surface area contributed by atoms with Crippen molar-refractivity contribution < 1.29 is 9.53 Å². The summed E-state index contributed by atoms with van der Waals surface area (Å²) in [6.45, 7) is 0.505. The van der Waals surface area contributed by atoms with Gasteiger partial charge in [0.15, 0.2) is 5.69 Å². The van der Waals surface area contributed by atoms with Crippen LogP contribution in [0, 0.1) is 28.6 Å². The van der Waals surface area contributed by atoms with Gasteiger partial charge in [-0.2, -0.15) is 10.4 Å². The van der Waals surface area contributed by atoms with Crippen LogP contribution in [0.15, 0.2) is 48.1 Å². The number of hydrazone groups is 1. The number of pyridine rings is 1. The molecule has 9 heteroatoms. The topological polar surface area (TPSA) is 109 Å². The fourth-order valence-corrected chi connectivity index (χ4v) is 5.50. The highest BCUT2D eigenvalue weighted by Crippen LogP contribution is 2.62. The van der Waals surface area contributed by atoms with Gasteiger partial charge in [0.05, 0.1) is 30.7 Å². The van der Waals surface area contributed by atoms with E-state index in [4.69, 9.17) is 10.00 Å². The Morgan fingerprint density at radius 3 is 2.91 bits per heavy atom. The van der Waals surface area contributed by atoms with Crippen LogP contribution in [0.2, 0.25) is 0 Å². The minimum atomic E-state index is -0.175. The predicted octanol–water partition coefficient (Wildman–Crippen LogP) is 2.75. The molecular weight excluding hydrogens is 406 g/mol. The number of hydrogen-bond donors (Lipinski definition) is 0. The van der Waals surface area contributed by atoms with Gasteiger partial charge in [0.25, 0.3) is 0 Å². The lowest BCUT2D eigenvalue weighted by Gasteiger charge is -2.38. The molecule has 3 aromatic rings. The molecule has 0 spiro atoms. The Labute approximate surface area is 184 Å². The average Bonchev–Trinajstić information content (AvgIpc) is 3.58. The van der Waals surface area contributed by atoms with E-state index >= 15 is 0 Å². The summed E-state index contributed by atoms with van der Waals surface area (Å²) in [7, 11) is 0. The van der Waals surface area contributed by atoms with Crippen LogP contribution in [0.4, 0.5) is 0 Å². The molecule has 160 valence electrons. The zero-order chi connectivity index (χ0) is 21.7. The Morgan fingerprint density at radius 1 is 1.19 bits per heavy atom. The summed E-state index contributed by atoms with van der Waals surface area (Å²) in [5, 5.41) is 14.9. The Bertz CT molecular complexity index is 1250. The maximum atomic E-state index is 13.5. The van der Waals surface area contributed by atoms with Gasteiger partial charge >= 0.3 is 0 Å². The van der Waals surface area contributed by atoms with E-state index in [1.165, 1.54) is 12.4 Å². The van der Waals surface area contributed by atoms with Crippen molar-refractivity contribution >= 4 is 17.6 Å². The summed E-state index contributed by atoms with van der Waals surface area (Å²) < 4.78 is 7.89. The second-order valence-corrected chi connectivity index (χ2v) is 8.96. The van der Waals surface area contributed by atoms with Crippen LogP contribution in [-0.4, -0.2) is 43.1 Å². The Hall–Kier alpha value is -3.80. The number of fused-ring (bicyclic) bond motifs is 2. The van der Waals surface area contributed by atoms with Gasteiger partial charge in [-0.15, -0.1) is 0 Å². The Morgan fingerprint density at radius 2 is 2.09 bits per heavy atom. The standard InChI is InChI=1S/C23H21N7O2/c24-10-16-11-26-20(13-25-16)32-14-23-7-15(8-23)18(9-23)22(31)30-19(4-5-28-30)21-27-12-17-3-1-2-6-29(17)21/h1-3,5-6,11-13,15,18-19H,4,7-9,14H2/t15?,18-,19?,23?/m0/s1. The monoisotopic (exact) mass is 427 g/mol. The number of amides is 1. The fraction of sp³-hybridized carbons (Fsp3) is 0.391. The number of carbonyl (C=O) groups excluding carboxylic acids is 1. The number of hydrogen-bond acceptors (Lipinski definition) is 7. The van der Waals surface area contributed by atoms with Gasteiger partial charge in [0.1, 0.15) is 17.9 Å². The van der Waals surface area contributed by atoms with E-state index in [0.29, 0.717) is 24.8 Å². The van der Waals surface area contributed by atoms with E-state index in [0.717, 1.165) is 30.6 Å². The summed E-state index contributed by atoms with van der Waals surface area (Å²) >= 11 is 0. The number of aromatic nitrogens is 4. The van der Waals surface area contributed by atoms with Crippen molar-refractivity contribution in [2.45, 2.75) is 31.7 Å². The number of carbonyl (C=O) groups is 1. The van der Waals surface area contributed by atoms with Crippen LogP contribution in [0.5, 0.6) is 5.88 Å². The first-order valence-corrected chi connectivity index (χ1v) is 10.8. The highest BCUT2D eigenvalue weighted by molar-refractivity contribution is 5.83. The van der Waals surface area contributed by atoms with Crippen molar-refractivity contribution in [2.24, 2.45) is 22.4 Å². The van der Waals surface area contributed by atoms with E-state index in [1.807, 2.05) is 47.3 Å². The number of nitrogens with zero attached hydrogens (tertiary/aromatic N) is 7. The third-order valence-corrected chi connectivity index (χ3v) is 7.02. The Kier molecular flexibility index (Phi) is 4.21. The Balaban J connectivity index is 1.14. The highest BCUT2D eigenvalue weighted by Gasteiger charge is 2.59. The molecule has 4 aliphatic rings. The number of imidazole rings is 1. The zero-order valence-corrected chi connectivity index (χ0v) is 17.3. The predicted molar refractivity (Wildman–Crippen MR) is 113 cm³/mol. The largest absolute Gasteiger partial charge is 0.476 e. The van der Waals surface area contributed by atoms with Crippen LogP contribution in [0.25, 0.3) is 5.52 Å². The summed E-state index contributed by atoms with van der Waals surface area (Å²) in [5.41, 5.74) is 1.27. The zero-order valence-electron chi connectivity index (χ0n) is 17.3. The molecular formula is C23H21N7O2. The van der Waals surface area contributed by atoms with Gasteiger partial charge in [0, 0.05) is 30.2 Å². The lowest BCUT2D eigenvalue weighted by Crippen LogP contribution is -2.36. The van der Waals surface area contributed by atoms with Gasteiger partial charge in [-0.25, -0.2) is 20.0 Å². The number of rotatable bonds is 5. The second kappa shape index (κ2) is 7.12. The van der Waals surface area contributed by atoms with E-state index in [1.54, 1.807) is 5.01 Å². The molecule has 0 saturated heterocycles. The van der Waals surface area contributed by atoms with E-state index < -0.39 is 0 Å². The maximum Gasteiger partial charge on any atom is 0.246 e. The fourth-order valence-electron chi connectivity index (χ4n) is 5.50. The first-order chi connectivity index (χ1) is 15.7. The van der Waals surface area contributed by atoms with Crippen LogP contribution < -0.4 is 4.74 Å². The molecule has 0 aromatic carbocycles. The van der Waals surface area contributed by atoms with Gasteiger partial charge < -0.3 is 9.14 Å². The number of ether oxygens (including phenoxy) is 1. The maximum absolute atomic E-state index is 13.5. The molecule has 1 amide bonds. The molecule has 3 aliphatic carbocycles. The van der Waals surface area contributed by atoms with Gasteiger partial charge in [-0.05, 0) is 37.3 Å². The molecule has 0 N–H and O–H groups in total. The van der Waals surface area contributed by atoms with Crippen molar-refractivity contribution in [3.63, 3.8) is 0 Å². The van der Waals surface area contributed by atoms with Crippen molar-refractivity contribution in [1.82, 2.24) is 24.4 Å². The van der Waals surface area contributed by atoms with Gasteiger partial charge in [-0.1, -0.05) is 6.07 Å². The molecule has 2 bridgehead atoms. The minimum Gasteiger partial charge on any atom is -0.476 e. The molecule has 32 heavy (non-hydrogen) atoms. The molecule has 3 fully saturated rings. The van der Waals surface area contributed by atoms with E-state index in [-0.39, 0.29) is 29.0 Å². The minimum absolute atomic E-state index is 0.000484. The summed E-state index contributed by atoms with van der Waals surface area (Å²) in [5.74, 6) is 1.65.